The molecule has 0 radical (unpaired) electrons. The Kier molecular flexibility index (Phi) is 3.13. The molecule has 1 aromatic carbocycles. The van der Waals surface area contributed by atoms with Crippen molar-refractivity contribution in [2.75, 3.05) is 12.0 Å². The van der Waals surface area contributed by atoms with Crippen molar-refractivity contribution in [3.63, 3.8) is 0 Å². The van der Waals surface area contributed by atoms with Crippen LogP contribution in [0.1, 0.15) is 5.69 Å². The Bertz CT molecular complexity index is 607. The highest BCUT2D eigenvalue weighted by Crippen LogP contribution is 2.23. The Labute approximate surface area is 103 Å². The maximum absolute atomic E-state index is 9.78. The summed E-state index contributed by atoms with van der Waals surface area (Å²) in [5.74, 6) is 0. The minimum absolute atomic E-state index is 0.657. The summed E-state index contributed by atoms with van der Waals surface area (Å²) in [5.41, 5.74) is 8.69. The molecule has 0 saturated heterocycles. The summed E-state index contributed by atoms with van der Waals surface area (Å²) in [5, 5.41) is 0. The average molecular weight is 251 g/mol. The molecule has 0 fully saturated rings. The van der Waals surface area contributed by atoms with Gasteiger partial charge in [-0.15, -0.1) is 0 Å². The highest BCUT2D eigenvalue weighted by molar-refractivity contribution is 8.03. The number of nitrogen functional groups attached to an aromatic ring is 1. The van der Waals surface area contributed by atoms with E-state index >= 15 is 0 Å². The fraction of sp³-hybridized carbons (Fsp3) is 0.250. The molecule has 0 spiro atoms. The number of nitrogens with zero attached hydrogens (tertiary/aromatic N) is 2. The average Bonchev–Trinajstić information content (AvgIpc) is 2.51. The van der Waals surface area contributed by atoms with Crippen LogP contribution in [0.3, 0.4) is 0 Å². The smallest absolute Gasteiger partial charge is 0.130 e. The van der Waals surface area contributed by atoms with Gasteiger partial charge in [0.15, 0.2) is 0 Å². The summed E-state index contributed by atoms with van der Waals surface area (Å²) in [4.78, 5) is 0. The first-order chi connectivity index (χ1) is 8.04. The summed E-state index contributed by atoms with van der Waals surface area (Å²) in [6.45, 7) is 1.96. The molecule has 0 aliphatic carbocycles. The number of aromatic nitrogens is 2. The minimum Gasteiger partial charge on any atom is -0.395 e. The third-order valence-electron chi connectivity index (χ3n) is 2.81. The van der Waals surface area contributed by atoms with E-state index in [1.165, 1.54) is 0 Å². The van der Waals surface area contributed by atoms with Crippen LogP contribution in [0.2, 0.25) is 0 Å². The Balaban J connectivity index is 2.83. The molecular formula is C12H17N3OS. The number of para-hydroxylation sites is 1. The Morgan fingerprint density at radius 1 is 1.24 bits per heavy atom. The zero-order chi connectivity index (χ0) is 12.6. The SMILES string of the molecule is Cc1c(N)c(=S(C)O)n(C)n1-c1ccccc1. The van der Waals surface area contributed by atoms with Crippen LogP contribution in [0.15, 0.2) is 30.3 Å². The molecular weight excluding hydrogens is 234 g/mol. The molecule has 0 aliphatic rings. The lowest BCUT2D eigenvalue weighted by Crippen LogP contribution is -2.08. The van der Waals surface area contributed by atoms with E-state index in [4.69, 9.17) is 5.73 Å². The van der Waals surface area contributed by atoms with Gasteiger partial charge in [-0.3, -0.25) is 9.36 Å². The fourth-order valence-corrected chi connectivity index (χ4v) is 2.98. The van der Waals surface area contributed by atoms with Gasteiger partial charge in [0.25, 0.3) is 0 Å². The molecule has 0 amide bonds. The van der Waals surface area contributed by atoms with Gasteiger partial charge in [0.05, 0.1) is 17.1 Å². The van der Waals surface area contributed by atoms with E-state index < -0.39 is 10.8 Å². The van der Waals surface area contributed by atoms with E-state index in [2.05, 4.69) is 0 Å². The third kappa shape index (κ3) is 1.92. The van der Waals surface area contributed by atoms with Gasteiger partial charge in [0, 0.05) is 13.3 Å². The van der Waals surface area contributed by atoms with E-state index in [1.807, 2.05) is 53.7 Å². The van der Waals surface area contributed by atoms with Gasteiger partial charge in [0.2, 0.25) is 0 Å². The molecule has 5 heteroatoms. The van der Waals surface area contributed by atoms with E-state index in [9.17, 15) is 4.55 Å². The van der Waals surface area contributed by atoms with E-state index in [1.54, 1.807) is 6.26 Å². The van der Waals surface area contributed by atoms with Crippen LogP contribution in [-0.4, -0.2) is 20.2 Å². The first-order valence-electron chi connectivity index (χ1n) is 5.31. The normalized spacial score (nSPS) is 13.8. The van der Waals surface area contributed by atoms with E-state index in [-0.39, 0.29) is 0 Å². The van der Waals surface area contributed by atoms with Gasteiger partial charge < -0.3 is 10.3 Å². The van der Waals surface area contributed by atoms with Crippen molar-refractivity contribution in [2.45, 2.75) is 6.92 Å². The number of hydrogen-bond acceptors (Lipinski definition) is 2. The number of benzene rings is 1. The topological polar surface area (TPSA) is 56.1 Å². The van der Waals surface area contributed by atoms with Crippen LogP contribution in [0, 0.1) is 11.6 Å². The second-order valence-corrected chi connectivity index (χ2v) is 5.30. The molecule has 0 bridgehead atoms. The van der Waals surface area contributed by atoms with Crippen LogP contribution in [0.4, 0.5) is 5.69 Å². The highest BCUT2D eigenvalue weighted by atomic mass is 32.2. The van der Waals surface area contributed by atoms with E-state index in [0.717, 1.165) is 16.0 Å². The zero-order valence-corrected chi connectivity index (χ0v) is 11.0. The first-order valence-corrected chi connectivity index (χ1v) is 6.90. The summed E-state index contributed by atoms with van der Waals surface area (Å²) >= 11 is 0. The predicted octanol–water partition coefficient (Wildman–Crippen LogP) is 2.61. The maximum atomic E-state index is 9.78. The van der Waals surface area contributed by atoms with Gasteiger partial charge in [-0.25, -0.2) is 0 Å². The lowest BCUT2D eigenvalue weighted by molar-refractivity contribution is 0.627. The first kappa shape index (κ1) is 12.0. The molecule has 92 valence electrons. The van der Waals surface area contributed by atoms with Crippen molar-refractivity contribution in [1.29, 1.82) is 0 Å². The molecule has 3 N–H and O–H groups in total. The van der Waals surface area contributed by atoms with Gasteiger partial charge >= 0.3 is 0 Å². The minimum atomic E-state index is -0.848. The zero-order valence-electron chi connectivity index (χ0n) is 10.2. The van der Waals surface area contributed by atoms with Crippen LogP contribution < -0.4 is 5.73 Å². The monoisotopic (exact) mass is 251 g/mol. The van der Waals surface area contributed by atoms with Crippen molar-refractivity contribution in [1.82, 2.24) is 9.36 Å². The molecule has 1 heterocycles. The lowest BCUT2D eigenvalue weighted by atomic mass is 10.3. The molecule has 1 atom stereocenters. The summed E-state index contributed by atoms with van der Waals surface area (Å²) in [6.07, 6.45) is 1.75. The van der Waals surface area contributed by atoms with Crippen molar-refractivity contribution >= 4 is 16.5 Å². The van der Waals surface area contributed by atoms with Crippen LogP contribution in [0.5, 0.6) is 0 Å². The number of hydrogen-bond donors (Lipinski definition) is 2. The summed E-state index contributed by atoms with van der Waals surface area (Å²) in [7, 11) is 1.06. The second kappa shape index (κ2) is 4.43. The highest BCUT2D eigenvalue weighted by Gasteiger charge is 2.11. The largest absolute Gasteiger partial charge is 0.395 e. The van der Waals surface area contributed by atoms with E-state index in [0.29, 0.717) is 5.69 Å². The molecule has 4 nitrogen and oxygen atoms in total. The Morgan fingerprint density at radius 3 is 2.29 bits per heavy atom. The predicted molar refractivity (Wildman–Crippen MR) is 73.3 cm³/mol. The molecule has 2 rings (SSSR count). The molecule has 2 aromatic rings. The van der Waals surface area contributed by atoms with Gasteiger partial charge in [-0.2, -0.15) is 0 Å². The van der Waals surface area contributed by atoms with Gasteiger partial charge in [0.1, 0.15) is 4.64 Å². The van der Waals surface area contributed by atoms with Gasteiger partial charge in [-0.1, -0.05) is 18.2 Å². The van der Waals surface area contributed by atoms with Crippen molar-refractivity contribution in [3.8, 4) is 5.69 Å². The molecule has 0 saturated carbocycles. The number of rotatable bonds is 1. The van der Waals surface area contributed by atoms with Crippen molar-refractivity contribution in [3.05, 3.63) is 40.7 Å². The summed E-state index contributed by atoms with van der Waals surface area (Å²) in [6, 6.07) is 9.97. The maximum Gasteiger partial charge on any atom is 0.130 e. The molecule has 17 heavy (non-hydrogen) atoms. The quantitative estimate of drug-likeness (QED) is 0.765. The standard InChI is InChI=1S/C12H17N3OS/c1-9-11(13)12(17(3)16)14(2)15(9)10-7-5-4-6-8-10/h4-8,16H,13H2,1-3H3. The summed E-state index contributed by atoms with van der Waals surface area (Å²) < 4.78 is 14.5. The van der Waals surface area contributed by atoms with Crippen molar-refractivity contribution in [2.24, 2.45) is 7.05 Å². The molecule has 1 unspecified atom stereocenters. The molecule has 1 aromatic heterocycles. The number of nitrogens with two attached hydrogens (primary N) is 1. The Hall–Kier alpha value is -1.46. The fourth-order valence-electron chi connectivity index (χ4n) is 2.05. The van der Waals surface area contributed by atoms with Crippen LogP contribution in [0.25, 0.3) is 5.69 Å². The second-order valence-electron chi connectivity index (χ2n) is 3.95. The van der Waals surface area contributed by atoms with Crippen LogP contribution >= 0.6 is 10.8 Å². The lowest BCUT2D eigenvalue weighted by Gasteiger charge is -2.10. The third-order valence-corrected chi connectivity index (χ3v) is 3.86. The van der Waals surface area contributed by atoms with Crippen LogP contribution in [-0.2, 0) is 7.05 Å². The van der Waals surface area contributed by atoms with Crippen molar-refractivity contribution < 1.29 is 4.55 Å². The van der Waals surface area contributed by atoms with Gasteiger partial charge in [-0.05, 0) is 29.8 Å². The Morgan fingerprint density at radius 2 is 1.82 bits per heavy atom. The number of anilines is 1. The molecule has 0 aliphatic heterocycles.